The maximum Gasteiger partial charge on any atom is 0.0546 e. The lowest BCUT2D eigenvalue weighted by molar-refractivity contribution is 1.28. The van der Waals surface area contributed by atoms with Crippen LogP contribution in [0.1, 0.15) is 0 Å². The van der Waals surface area contributed by atoms with Crippen molar-refractivity contribution in [3.8, 4) is 44.5 Å². The first-order chi connectivity index (χ1) is 29.8. The van der Waals surface area contributed by atoms with Crippen LogP contribution in [0, 0.1) is 0 Å². The normalized spacial score (nSPS) is 11.0. The molecule has 0 aromatic heterocycles. The summed E-state index contributed by atoms with van der Waals surface area (Å²) in [6.07, 6.45) is 0. The first-order valence-electron chi connectivity index (χ1n) is 20.5. The van der Waals surface area contributed by atoms with Crippen molar-refractivity contribution in [3.63, 3.8) is 0 Å². The van der Waals surface area contributed by atoms with E-state index in [-0.39, 0.29) is 0 Å². The molecular formula is C58H42N2. The van der Waals surface area contributed by atoms with Crippen molar-refractivity contribution in [1.82, 2.24) is 0 Å². The highest BCUT2D eigenvalue weighted by molar-refractivity contribution is 6.05. The summed E-state index contributed by atoms with van der Waals surface area (Å²) in [5.41, 5.74) is 15.9. The molecule has 0 aliphatic rings. The molecule has 0 aliphatic carbocycles. The number of fused-ring (bicyclic) bond motifs is 1. The van der Waals surface area contributed by atoms with Gasteiger partial charge in [-0.25, -0.2) is 0 Å². The summed E-state index contributed by atoms with van der Waals surface area (Å²) in [5.74, 6) is 0. The summed E-state index contributed by atoms with van der Waals surface area (Å²) in [7, 11) is 0. The summed E-state index contributed by atoms with van der Waals surface area (Å²) in [6.45, 7) is 0. The van der Waals surface area contributed by atoms with E-state index in [1.54, 1.807) is 0 Å². The predicted octanol–water partition coefficient (Wildman–Crippen LogP) is 16.4. The monoisotopic (exact) mass is 766 g/mol. The van der Waals surface area contributed by atoms with Crippen molar-refractivity contribution in [2.75, 3.05) is 9.80 Å². The third-order valence-corrected chi connectivity index (χ3v) is 11.2. The van der Waals surface area contributed by atoms with Crippen LogP contribution in [0.3, 0.4) is 0 Å². The van der Waals surface area contributed by atoms with Crippen LogP contribution in [0.5, 0.6) is 0 Å². The molecule has 0 amide bonds. The molecule has 0 heterocycles. The van der Waals surface area contributed by atoms with Gasteiger partial charge in [-0.2, -0.15) is 0 Å². The Hall–Kier alpha value is -7.94. The highest BCUT2D eigenvalue weighted by Gasteiger charge is 2.24. The molecule has 10 aromatic carbocycles. The molecule has 0 fully saturated rings. The van der Waals surface area contributed by atoms with Crippen molar-refractivity contribution in [2.45, 2.75) is 0 Å². The highest BCUT2D eigenvalue weighted by Crippen LogP contribution is 2.49. The van der Waals surface area contributed by atoms with Gasteiger partial charge in [0, 0.05) is 33.6 Å². The molecule has 0 radical (unpaired) electrons. The number of para-hydroxylation sites is 4. The number of rotatable bonds is 10. The third-order valence-electron chi connectivity index (χ3n) is 11.2. The van der Waals surface area contributed by atoms with E-state index in [1.165, 1.54) is 11.1 Å². The molecule has 10 rings (SSSR count). The number of hydrogen-bond donors (Lipinski definition) is 0. The Morgan fingerprint density at radius 1 is 0.200 bits per heavy atom. The van der Waals surface area contributed by atoms with Gasteiger partial charge in [0.25, 0.3) is 0 Å². The minimum atomic E-state index is 1.09. The maximum atomic E-state index is 2.44. The second-order valence-corrected chi connectivity index (χ2v) is 14.9. The van der Waals surface area contributed by atoms with E-state index in [9.17, 15) is 0 Å². The Balaban J connectivity index is 1.28. The standard InChI is InChI=1S/C58H42N2/c1-7-23-43(24-8-1)51-35-19-21-37-55(51)59(49-31-15-5-16-32-49)57-41-47-40-54(46-29-13-4-14-30-46)58(42-48(47)39-53(57)45-27-11-3-12-28-45)60(50-33-17-6-18-34-50)56-38-22-20-36-52(56)44-25-9-2-10-26-44/h1-42H. The van der Waals surface area contributed by atoms with Crippen LogP contribution in [0.25, 0.3) is 55.3 Å². The van der Waals surface area contributed by atoms with Crippen LogP contribution in [-0.2, 0) is 0 Å². The van der Waals surface area contributed by atoms with E-state index in [0.29, 0.717) is 0 Å². The molecule has 0 spiro atoms. The van der Waals surface area contributed by atoms with Gasteiger partial charge in [-0.3, -0.25) is 0 Å². The van der Waals surface area contributed by atoms with E-state index >= 15 is 0 Å². The maximum absolute atomic E-state index is 2.44. The van der Waals surface area contributed by atoms with Crippen LogP contribution in [-0.4, -0.2) is 0 Å². The van der Waals surface area contributed by atoms with Gasteiger partial charge < -0.3 is 9.80 Å². The summed E-state index contributed by atoms with van der Waals surface area (Å²) >= 11 is 0. The van der Waals surface area contributed by atoms with Gasteiger partial charge in [0.1, 0.15) is 0 Å². The van der Waals surface area contributed by atoms with E-state index in [2.05, 4.69) is 265 Å². The van der Waals surface area contributed by atoms with E-state index in [0.717, 1.165) is 78.3 Å². The molecule has 0 saturated heterocycles. The van der Waals surface area contributed by atoms with Crippen LogP contribution < -0.4 is 9.80 Å². The number of anilines is 6. The van der Waals surface area contributed by atoms with E-state index < -0.39 is 0 Å². The lowest BCUT2D eigenvalue weighted by Crippen LogP contribution is -2.13. The molecule has 60 heavy (non-hydrogen) atoms. The van der Waals surface area contributed by atoms with Crippen LogP contribution in [0.15, 0.2) is 255 Å². The molecule has 0 unspecified atom stereocenters. The lowest BCUT2D eigenvalue weighted by atomic mass is 9.92. The van der Waals surface area contributed by atoms with Crippen molar-refractivity contribution in [1.29, 1.82) is 0 Å². The van der Waals surface area contributed by atoms with Crippen molar-refractivity contribution in [2.24, 2.45) is 0 Å². The molecule has 0 bridgehead atoms. The quantitative estimate of drug-likeness (QED) is 0.137. The van der Waals surface area contributed by atoms with Crippen LogP contribution in [0.2, 0.25) is 0 Å². The van der Waals surface area contributed by atoms with Gasteiger partial charge in [-0.05, 0) is 93.7 Å². The number of nitrogens with zero attached hydrogens (tertiary/aromatic N) is 2. The Kier molecular flexibility index (Phi) is 10.0. The highest BCUT2D eigenvalue weighted by atomic mass is 15.2. The predicted molar refractivity (Wildman–Crippen MR) is 255 cm³/mol. The second kappa shape index (κ2) is 16.5. The Morgan fingerprint density at radius 2 is 0.467 bits per heavy atom. The van der Waals surface area contributed by atoms with Crippen molar-refractivity contribution in [3.05, 3.63) is 255 Å². The minimum Gasteiger partial charge on any atom is -0.309 e. The minimum absolute atomic E-state index is 1.09. The summed E-state index contributed by atoms with van der Waals surface area (Å²) in [6, 6.07) is 91.6. The van der Waals surface area contributed by atoms with Gasteiger partial charge in [-0.1, -0.05) is 194 Å². The summed E-state index contributed by atoms with van der Waals surface area (Å²) < 4.78 is 0. The molecule has 284 valence electrons. The van der Waals surface area contributed by atoms with Gasteiger partial charge in [0.15, 0.2) is 0 Å². The number of benzene rings is 10. The van der Waals surface area contributed by atoms with E-state index in [1.807, 2.05) is 0 Å². The second-order valence-electron chi connectivity index (χ2n) is 14.9. The fourth-order valence-electron chi connectivity index (χ4n) is 8.42. The molecule has 0 aliphatic heterocycles. The Morgan fingerprint density at radius 3 is 0.800 bits per heavy atom. The smallest absolute Gasteiger partial charge is 0.0546 e. The van der Waals surface area contributed by atoms with Crippen molar-refractivity contribution < 1.29 is 0 Å². The Labute approximate surface area is 352 Å². The molecule has 10 aromatic rings. The van der Waals surface area contributed by atoms with Gasteiger partial charge in [0.2, 0.25) is 0 Å². The lowest BCUT2D eigenvalue weighted by Gasteiger charge is -2.32. The molecule has 2 nitrogen and oxygen atoms in total. The van der Waals surface area contributed by atoms with Crippen LogP contribution in [0.4, 0.5) is 34.1 Å². The zero-order chi connectivity index (χ0) is 40.1. The average molecular weight is 767 g/mol. The third kappa shape index (κ3) is 7.12. The first-order valence-corrected chi connectivity index (χ1v) is 20.5. The van der Waals surface area contributed by atoms with Crippen LogP contribution >= 0.6 is 0 Å². The zero-order valence-corrected chi connectivity index (χ0v) is 33.1. The van der Waals surface area contributed by atoms with E-state index in [4.69, 9.17) is 0 Å². The van der Waals surface area contributed by atoms with Gasteiger partial charge in [-0.15, -0.1) is 0 Å². The molecule has 0 atom stereocenters. The summed E-state index contributed by atoms with van der Waals surface area (Å²) in [5, 5.41) is 2.30. The summed E-state index contributed by atoms with van der Waals surface area (Å²) in [4.78, 5) is 4.87. The molecule has 2 heteroatoms. The number of hydrogen-bond acceptors (Lipinski definition) is 2. The molecule has 0 saturated carbocycles. The molecule has 0 N–H and O–H groups in total. The zero-order valence-electron chi connectivity index (χ0n) is 33.1. The largest absolute Gasteiger partial charge is 0.309 e. The SMILES string of the molecule is c1ccc(-c2ccccc2N(c2ccccc2)c2cc3cc(-c4ccccc4)c(N(c4ccccc4)c4ccccc4-c4ccccc4)cc3cc2-c2ccccc2)cc1. The average Bonchev–Trinajstić information content (AvgIpc) is 3.33. The molecular weight excluding hydrogens is 725 g/mol. The Bertz CT molecular complexity index is 2790. The fraction of sp³-hybridized carbons (Fsp3) is 0. The topological polar surface area (TPSA) is 6.48 Å². The van der Waals surface area contributed by atoms with Gasteiger partial charge >= 0.3 is 0 Å². The van der Waals surface area contributed by atoms with Crippen molar-refractivity contribution >= 4 is 44.9 Å². The first kappa shape index (κ1) is 36.4. The fourth-order valence-corrected chi connectivity index (χ4v) is 8.42. The van der Waals surface area contributed by atoms with Gasteiger partial charge in [0.05, 0.1) is 22.7 Å².